The molecule has 0 aliphatic rings. The smallest absolute Gasteiger partial charge is 0.434 e. The SMILES string of the molecule is Cc1ccc(F)c(C(C)C(N)c2n[nH]c(=O)o2)c1C.FC(P)COc1cc(Cl)ccc1S. The van der Waals surface area contributed by atoms with Crippen molar-refractivity contribution in [3.8, 4) is 5.75 Å². The van der Waals surface area contributed by atoms with Crippen LogP contribution in [-0.4, -0.2) is 22.7 Å². The lowest BCUT2D eigenvalue weighted by molar-refractivity contribution is 0.248. The number of nitrogens with zero attached hydrogens (tertiary/aromatic N) is 1. The Bertz CT molecular complexity index is 1110. The zero-order valence-electron chi connectivity index (χ0n) is 17.7. The van der Waals surface area contributed by atoms with Crippen LogP contribution in [0.5, 0.6) is 5.75 Å². The fourth-order valence-electron chi connectivity index (χ4n) is 2.91. The Morgan fingerprint density at radius 1 is 1.34 bits per heavy atom. The van der Waals surface area contributed by atoms with Crippen LogP contribution in [0, 0.1) is 19.7 Å². The van der Waals surface area contributed by atoms with Crippen LogP contribution in [0.25, 0.3) is 0 Å². The first-order valence-corrected chi connectivity index (χ1v) is 11.1. The van der Waals surface area contributed by atoms with Crippen molar-refractivity contribution in [3.63, 3.8) is 0 Å². The summed E-state index contributed by atoms with van der Waals surface area (Å²) in [5.74, 6) is -1.83. The number of aryl methyl sites for hydroxylation is 1. The number of nitrogens with two attached hydrogens (primary N) is 1. The van der Waals surface area contributed by atoms with Crippen LogP contribution in [-0.2, 0) is 0 Å². The number of aromatic amines is 1. The van der Waals surface area contributed by atoms with Gasteiger partial charge in [-0.2, -0.15) is 0 Å². The van der Waals surface area contributed by atoms with Crippen molar-refractivity contribution in [3.05, 3.63) is 74.3 Å². The molecule has 0 saturated carbocycles. The highest BCUT2D eigenvalue weighted by Crippen LogP contribution is 2.32. The van der Waals surface area contributed by atoms with Crippen LogP contribution in [0.4, 0.5) is 8.78 Å². The molecule has 0 aliphatic heterocycles. The Labute approximate surface area is 197 Å². The van der Waals surface area contributed by atoms with E-state index >= 15 is 0 Å². The summed E-state index contributed by atoms with van der Waals surface area (Å²) in [6.07, 6.45) is 0. The van der Waals surface area contributed by atoms with Gasteiger partial charge < -0.3 is 14.9 Å². The summed E-state index contributed by atoms with van der Waals surface area (Å²) in [5.41, 5.74) is 8.35. The predicted octanol–water partition coefficient (Wildman–Crippen LogP) is 5.10. The van der Waals surface area contributed by atoms with Gasteiger partial charge in [-0.3, -0.25) is 0 Å². The summed E-state index contributed by atoms with van der Waals surface area (Å²) in [6, 6.07) is 7.47. The van der Waals surface area contributed by atoms with Crippen LogP contribution in [0.3, 0.4) is 0 Å². The molecule has 3 rings (SSSR count). The third-order valence-corrected chi connectivity index (χ3v) is 5.58. The average molecular weight is 504 g/mol. The molecule has 1 heterocycles. The molecule has 0 amide bonds. The number of alkyl halides is 1. The molecule has 0 aliphatic carbocycles. The first kappa shape index (κ1) is 26.3. The first-order valence-electron chi connectivity index (χ1n) is 9.58. The second-order valence-corrected chi connectivity index (χ2v) is 8.75. The number of thiol groups is 1. The van der Waals surface area contributed by atoms with E-state index < -0.39 is 17.7 Å². The van der Waals surface area contributed by atoms with E-state index in [9.17, 15) is 13.6 Å². The van der Waals surface area contributed by atoms with Gasteiger partial charge in [0.05, 0.1) is 6.04 Å². The Morgan fingerprint density at radius 3 is 2.62 bits per heavy atom. The lowest BCUT2D eigenvalue weighted by atomic mass is 9.88. The number of aromatic nitrogens is 2. The predicted molar refractivity (Wildman–Crippen MR) is 127 cm³/mol. The van der Waals surface area contributed by atoms with E-state index in [0.29, 0.717) is 21.2 Å². The molecule has 11 heteroatoms. The maximum atomic E-state index is 14.0. The Morgan fingerprint density at radius 2 is 2.03 bits per heavy atom. The van der Waals surface area contributed by atoms with Gasteiger partial charge in [-0.1, -0.05) is 33.8 Å². The van der Waals surface area contributed by atoms with E-state index in [-0.39, 0.29) is 24.2 Å². The lowest BCUT2D eigenvalue weighted by Gasteiger charge is -2.20. The molecule has 32 heavy (non-hydrogen) atoms. The normalized spacial score (nSPS) is 13.7. The standard InChI is InChI=1S/C13H16FN3O2.C8H9ClFOPS/c1-6-4-5-9(14)10(7(6)2)8(3)11(15)12-16-17-13(18)19-12;9-5-1-2-7(13)6(3-5)11-4-8(10)12/h4-5,8,11H,15H2,1-3H3,(H,17,18);1-3,8,13H,4,12H2. The lowest BCUT2D eigenvalue weighted by Crippen LogP contribution is -2.20. The minimum absolute atomic E-state index is 0.0153. The van der Waals surface area contributed by atoms with Crippen molar-refractivity contribution >= 4 is 33.5 Å². The third-order valence-electron chi connectivity index (χ3n) is 4.79. The zero-order chi connectivity index (χ0) is 24.0. The molecule has 6 nitrogen and oxygen atoms in total. The van der Waals surface area contributed by atoms with E-state index in [2.05, 4.69) is 22.8 Å². The van der Waals surface area contributed by atoms with Crippen molar-refractivity contribution in [1.82, 2.24) is 10.2 Å². The number of halogens is 3. The molecule has 174 valence electrons. The fraction of sp³-hybridized carbons (Fsp3) is 0.333. The number of ether oxygens (including phenoxy) is 1. The highest BCUT2D eigenvalue weighted by Gasteiger charge is 2.26. The van der Waals surface area contributed by atoms with Gasteiger partial charge in [-0.15, -0.1) is 17.7 Å². The van der Waals surface area contributed by atoms with Crippen LogP contribution in [0.15, 0.2) is 44.4 Å². The number of benzene rings is 2. The van der Waals surface area contributed by atoms with E-state index in [1.807, 2.05) is 23.1 Å². The molecule has 3 aromatic rings. The van der Waals surface area contributed by atoms with E-state index in [0.717, 1.165) is 11.1 Å². The Hall–Kier alpha value is -1.93. The first-order chi connectivity index (χ1) is 15.0. The van der Waals surface area contributed by atoms with Gasteiger partial charge in [0.25, 0.3) is 0 Å². The minimum Gasteiger partial charge on any atom is -0.489 e. The monoisotopic (exact) mass is 503 g/mol. The quantitative estimate of drug-likeness (QED) is 0.321. The molecule has 0 spiro atoms. The van der Waals surface area contributed by atoms with Crippen LogP contribution >= 0.6 is 33.5 Å². The van der Waals surface area contributed by atoms with Gasteiger partial charge in [0, 0.05) is 15.8 Å². The number of H-pyrrole nitrogens is 1. The van der Waals surface area contributed by atoms with Gasteiger partial charge in [0.2, 0.25) is 5.89 Å². The Kier molecular flexibility index (Phi) is 9.70. The number of nitrogens with one attached hydrogen (secondary N) is 1. The molecule has 2 aromatic carbocycles. The van der Waals surface area contributed by atoms with Gasteiger partial charge in [-0.05, 0) is 54.8 Å². The van der Waals surface area contributed by atoms with Gasteiger partial charge in [0.1, 0.15) is 24.1 Å². The maximum Gasteiger partial charge on any atom is 0.434 e. The van der Waals surface area contributed by atoms with E-state index in [4.69, 9.17) is 26.5 Å². The zero-order valence-corrected chi connectivity index (χ0v) is 20.5. The van der Waals surface area contributed by atoms with E-state index in [1.54, 1.807) is 31.2 Å². The summed E-state index contributed by atoms with van der Waals surface area (Å²) >= 11 is 9.85. The number of hydrogen-bond acceptors (Lipinski definition) is 6. The van der Waals surface area contributed by atoms with Crippen LogP contribution in [0.1, 0.15) is 41.5 Å². The highest BCUT2D eigenvalue weighted by atomic mass is 35.5. The molecule has 4 unspecified atom stereocenters. The molecule has 0 radical (unpaired) electrons. The second-order valence-electron chi connectivity index (χ2n) is 7.11. The minimum atomic E-state index is -1.08. The molecule has 3 N–H and O–H groups in total. The molecule has 0 fully saturated rings. The molecule has 0 saturated heterocycles. The van der Waals surface area contributed by atoms with Crippen molar-refractivity contribution in [2.75, 3.05) is 6.61 Å². The van der Waals surface area contributed by atoms with Crippen molar-refractivity contribution in [2.24, 2.45) is 5.73 Å². The van der Waals surface area contributed by atoms with Crippen molar-refractivity contribution in [1.29, 1.82) is 0 Å². The van der Waals surface area contributed by atoms with Crippen molar-refractivity contribution < 1.29 is 17.9 Å². The molecular weight excluding hydrogens is 479 g/mol. The summed E-state index contributed by atoms with van der Waals surface area (Å²) in [6.45, 7) is 5.52. The van der Waals surface area contributed by atoms with Gasteiger partial charge in [0.15, 0.2) is 0 Å². The number of hydrogen-bond donors (Lipinski definition) is 3. The second kappa shape index (κ2) is 11.8. The van der Waals surface area contributed by atoms with Gasteiger partial charge in [-0.25, -0.2) is 18.7 Å². The topological polar surface area (TPSA) is 94.1 Å². The fourth-order valence-corrected chi connectivity index (χ4v) is 3.38. The molecule has 0 bridgehead atoms. The summed E-state index contributed by atoms with van der Waals surface area (Å²) in [5, 5.41) is 6.39. The Balaban J connectivity index is 0.000000244. The van der Waals surface area contributed by atoms with Crippen LogP contribution < -0.4 is 16.2 Å². The molecular formula is C21H25ClF2N3O3PS. The van der Waals surface area contributed by atoms with Crippen LogP contribution in [0.2, 0.25) is 5.02 Å². The maximum absolute atomic E-state index is 14.0. The largest absolute Gasteiger partial charge is 0.489 e. The summed E-state index contributed by atoms with van der Waals surface area (Å²) in [4.78, 5) is 11.6. The number of rotatable bonds is 6. The third kappa shape index (κ3) is 7.04. The molecule has 1 aromatic heterocycles. The average Bonchev–Trinajstić information content (AvgIpc) is 3.17. The van der Waals surface area contributed by atoms with Crippen molar-refractivity contribution in [2.45, 2.75) is 43.5 Å². The van der Waals surface area contributed by atoms with E-state index in [1.165, 1.54) is 6.07 Å². The summed E-state index contributed by atoms with van der Waals surface area (Å²) in [7, 11) is 2.01. The molecule has 4 atom stereocenters. The van der Waals surface area contributed by atoms with Gasteiger partial charge >= 0.3 is 5.76 Å². The highest BCUT2D eigenvalue weighted by molar-refractivity contribution is 7.80. The summed E-state index contributed by atoms with van der Waals surface area (Å²) < 4.78 is 36.3.